The van der Waals surface area contributed by atoms with Gasteiger partial charge in [-0.25, -0.2) is 8.81 Å². The van der Waals surface area contributed by atoms with Gasteiger partial charge in [0.2, 0.25) is 0 Å². The second-order valence-corrected chi connectivity index (χ2v) is 8.77. The maximum Gasteiger partial charge on any atom is 0.307 e. The van der Waals surface area contributed by atoms with Gasteiger partial charge >= 0.3 is 5.97 Å². The van der Waals surface area contributed by atoms with Gasteiger partial charge in [0.1, 0.15) is 17.3 Å². The van der Waals surface area contributed by atoms with Crippen molar-refractivity contribution in [2.45, 2.75) is 13.0 Å². The molecule has 0 saturated heterocycles. The molecular formula is C22H15Br2ClFNO5. The molecule has 0 saturated carbocycles. The zero-order valence-corrected chi connectivity index (χ0v) is 20.1. The second kappa shape index (κ2) is 10.3. The first-order chi connectivity index (χ1) is 15.2. The molecule has 0 unspecified atom stereocenters. The number of halogens is 4. The van der Waals surface area contributed by atoms with Crippen LogP contribution < -0.4 is 4.74 Å². The summed E-state index contributed by atoms with van der Waals surface area (Å²) >= 11 is 12.8. The van der Waals surface area contributed by atoms with Crippen LogP contribution in [0.2, 0.25) is 0 Å². The average Bonchev–Trinajstić information content (AvgIpc) is 2.72. The summed E-state index contributed by atoms with van der Waals surface area (Å²) in [4.78, 5) is 23.7. The number of phenols is 1. The topological polar surface area (TPSA) is 87.1 Å². The number of hydrogen-bond donors (Lipinski definition) is 2. The number of benzene rings is 3. The van der Waals surface area contributed by atoms with Gasteiger partial charge in [0.05, 0.1) is 27.5 Å². The Labute approximate surface area is 204 Å². The highest BCUT2D eigenvalue weighted by Crippen LogP contribution is 2.39. The summed E-state index contributed by atoms with van der Waals surface area (Å²) in [7, 11) is 0. The standard InChI is InChI=1S/C22H15Br2ClFNO5/c23-16-7-12(9-20(29)30)8-17(24)21(16)32-14-5-6-19(28)15(10-14)22(31)27(25)11-13-3-1-2-4-18(13)26/h1-8,10,28H,9,11H2,(H,29,30). The Morgan fingerprint density at radius 2 is 1.72 bits per heavy atom. The number of ether oxygens (including phenoxy) is 1. The normalized spacial score (nSPS) is 10.6. The molecule has 3 aromatic rings. The van der Waals surface area contributed by atoms with E-state index in [1.165, 1.54) is 36.4 Å². The molecule has 0 radical (unpaired) electrons. The van der Waals surface area contributed by atoms with Gasteiger partial charge < -0.3 is 14.9 Å². The van der Waals surface area contributed by atoms with Crippen molar-refractivity contribution < 1.29 is 28.9 Å². The van der Waals surface area contributed by atoms with Gasteiger partial charge in [-0.05, 0) is 73.8 Å². The van der Waals surface area contributed by atoms with E-state index in [1.807, 2.05) is 0 Å². The Balaban J connectivity index is 1.84. The molecule has 0 heterocycles. The molecule has 10 heteroatoms. The Morgan fingerprint density at radius 3 is 2.34 bits per heavy atom. The summed E-state index contributed by atoms with van der Waals surface area (Å²) in [5, 5.41) is 19.1. The van der Waals surface area contributed by atoms with Crippen LogP contribution in [0.1, 0.15) is 21.5 Å². The quantitative estimate of drug-likeness (QED) is 0.318. The van der Waals surface area contributed by atoms with Gasteiger partial charge in [-0.1, -0.05) is 18.2 Å². The maximum atomic E-state index is 13.9. The monoisotopic (exact) mass is 585 g/mol. The molecule has 3 aromatic carbocycles. The predicted octanol–water partition coefficient (Wildman–Crippen LogP) is 6.27. The first kappa shape index (κ1) is 24.0. The molecule has 0 aromatic heterocycles. The molecule has 0 aliphatic rings. The number of carbonyl (C=O) groups is 2. The lowest BCUT2D eigenvalue weighted by molar-refractivity contribution is -0.136. The number of carboxylic acid groups (broad SMARTS) is 1. The van der Waals surface area contributed by atoms with E-state index < -0.39 is 17.7 Å². The maximum absolute atomic E-state index is 13.9. The van der Waals surface area contributed by atoms with Crippen molar-refractivity contribution in [2.24, 2.45) is 0 Å². The van der Waals surface area contributed by atoms with Crippen LogP contribution in [0.5, 0.6) is 17.2 Å². The first-order valence-electron chi connectivity index (χ1n) is 9.07. The van der Waals surface area contributed by atoms with E-state index in [4.69, 9.17) is 21.6 Å². The van der Waals surface area contributed by atoms with Crippen LogP contribution in [0, 0.1) is 5.82 Å². The van der Waals surface area contributed by atoms with Crippen LogP contribution in [-0.2, 0) is 17.8 Å². The highest BCUT2D eigenvalue weighted by molar-refractivity contribution is 9.11. The van der Waals surface area contributed by atoms with E-state index in [0.29, 0.717) is 20.3 Å². The Morgan fingerprint density at radius 1 is 1.06 bits per heavy atom. The van der Waals surface area contributed by atoms with E-state index in [0.717, 1.165) is 4.42 Å². The molecule has 32 heavy (non-hydrogen) atoms. The van der Waals surface area contributed by atoms with Crippen LogP contribution in [0.25, 0.3) is 0 Å². The second-order valence-electron chi connectivity index (χ2n) is 6.66. The smallest absolute Gasteiger partial charge is 0.307 e. The lowest BCUT2D eigenvalue weighted by Gasteiger charge is -2.17. The number of carbonyl (C=O) groups excluding carboxylic acids is 1. The summed E-state index contributed by atoms with van der Waals surface area (Å²) in [5.74, 6) is -1.98. The molecule has 6 nitrogen and oxygen atoms in total. The zero-order valence-electron chi connectivity index (χ0n) is 16.2. The number of carboxylic acids is 1. The number of rotatable bonds is 7. The first-order valence-corrected chi connectivity index (χ1v) is 11.0. The van der Waals surface area contributed by atoms with Crippen LogP contribution in [0.3, 0.4) is 0 Å². The minimum atomic E-state index is -0.972. The molecule has 0 fully saturated rings. The Kier molecular flexibility index (Phi) is 7.76. The molecule has 0 aliphatic carbocycles. The van der Waals surface area contributed by atoms with Gasteiger partial charge in [-0.2, -0.15) is 0 Å². The SMILES string of the molecule is O=C(O)Cc1cc(Br)c(Oc2ccc(O)c(C(=O)N(Cl)Cc3ccccc3F)c2)c(Br)c1. The molecule has 0 aliphatic heterocycles. The van der Waals surface area contributed by atoms with Crippen molar-refractivity contribution in [1.29, 1.82) is 0 Å². The van der Waals surface area contributed by atoms with Crippen LogP contribution >= 0.6 is 43.6 Å². The van der Waals surface area contributed by atoms with E-state index >= 15 is 0 Å². The van der Waals surface area contributed by atoms with Gasteiger partial charge in [-0.15, -0.1) is 0 Å². The van der Waals surface area contributed by atoms with E-state index in [2.05, 4.69) is 31.9 Å². The van der Waals surface area contributed by atoms with Crippen molar-refractivity contribution >= 4 is 55.5 Å². The summed E-state index contributed by atoms with van der Waals surface area (Å²) < 4.78 is 21.4. The minimum Gasteiger partial charge on any atom is -0.507 e. The van der Waals surface area contributed by atoms with E-state index in [-0.39, 0.29) is 35.6 Å². The average molecular weight is 588 g/mol. The fourth-order valence-corrected chi connectivity index (χ4v) is 4.50. The summed E-state index contributed by atoms with van der Waals surface area (Å²) in [5.41, 5.74) is 0.636. The third-order valence-electron chi connectivity index (χ3n) is 4.32. The predicted molar refractivity (Wildman–Crippen MR) is 123 cm³/mol. The molecule has 0 spiro atoms. The number of phenolic OH excluding ortho intramolecular Hbond substituents is 1. The van der Waals surface area contributed by atoms with Gasteiger partial charge in [0, 0.05) is 17.3 Å². The molecule has 1 amide bonds. The van der Waals surface area contributed by atoms with Crippen molar-refractivity contribution in [3.8, 4) is 17.2 Å². The number of hydrogen-bond acceptors (Lipinski definition) is 4. The number of nitrogens with zero attached hydrogens (tertiary/aromatic N) is 1. The van der Waals surface area contributed by atoms with E-state index in [1.54, 1.807) is 18.2 Å². The lowest BCUT2D eigenvalue weighted by atomic mass is 10.1. The third-order valence-corrected chi connectivity index (χ3v) is 5.77. The highest BCUT2D eigenvalue weighted by atomic mass is 79.9. The fourth-order valence-electron chi connectivity index (χ4n) is 2.83. The molecular weight excluding hydrogens is 573 g/mol. The number of amides is 1. The zero-order chi connectivity index (χ0) is 23.4. The fraction of sp³-hybridized carbons (Fsp3) is 0.0909. The molecule has 0 atom stereocenters. The van der Waals surface area contributed by atoms with Crippen molar-refractivity contribution in [2.75, 3.05) is 0 Å². The largest absolute Gasteiger partial charge is 0.507 e. The van der Waals surface area contributed by atoms with E-state index in [9.17, 15) is 19.1 Å². The Hall–Kier alpha value is -2.62. The summed E-state index contributed by atoms with van der Waals surface area (Å²) in [6.07, 6.45) is -0.164. The summed E-state index contributed by atoms with van der Waals surface area (Å²) in [6, 6.07) is 13.1. The Bertz CT molecular complexity index is 1170. The molecule has 2 N–H and O–H groups in total. The van der Waals surface area contributed by atoms with Gasteiger partial charge in [-0.3, -0.25) is 9.59 Å². The molecule has 3 rings (SSSR count). The van der Waals surface area contributed by atoms with Gasteiger partial charge in [0.25, 0.3) is 5.91 Å². The number of aromatic hydroxyl groups is 1. The van der Waals surface area contributed by atoms with Crippen LogP contribution in [0.15, 0.2) is 63.5 Å². The summed E-state index contributed by atoms with van der Waals surface area (Å²) in [6.45, 7) is -0.209. The van der Waals surface area contributed by atoms with Crippen LogP contribution in [0.4, 0.5) is 4.39 Å². The van der Waals surface area contributed by atoms with Crippen molar-refractivity contribution in [3.63, 3.8) is 0 Å². The number of aliphatic carboxylic acids is 1. The third kappa shape index (κ3) is 5.79. The lowest BCUT2D eigenvalue weighted by Crippen LogP contribution is -2.21. The van der Waals surface area contributed by atoms with Crippen molar-refractivity contribution in [1.82, 2.24) is 4.42 Å². The molecule has 166 valence electrons. The molecule has 0 bridgehead atoms. The van der Waals surface area contributed by atoms with Crippen molar-refractivity contribution in [3.05, 3.63) is 86.1 Å². The highest BCUT2D eigenvalue weighted by Gasteiger charge is 2.21. The van der Waals surface area contributed by atoms with Crippen LogP contribution in [-0.4, -0.2) is 26.5 Å². The minimum absolute atomic E-state index is 0.136. The van der Waals surface area contributed by atoms with Gasteiger partial charge in [0.15, 0.2) is 5.75 Å².